The molecule has 1 aromatic heterocycles. The third kappa shape index (κ3) is 3.80. The Hall–Kier alpha value is -3.28. The van der Waals surface area contributed by atoms with E-state index in [0.29, 0.717) is 5.76 Å². The van der Waals surface area contributed by atoms with E-state index in [1.165, 1.54) is 18.4 Å². The maximum atomic E-state index is 12.1. The molecular weight excluding hydrogens is 322 g/mol. The van der Waals surface area contributed by atoms with Gasteiger partial charge in [-0.2, -0.15) is 0 Å². The van der Waals surface area contributed by atoms with E-state index in [0.717, 1.165) is 10.8 Å². The zero-order valence-corrected chi connectivity index (χ0v) is 13.6. The van der Waals surface area contributed by atoms with Crippen molar-refractivity contribution in [3.63, 3.8) is 0 Å². The summed E-state index contributed by atoms with van der Waals surface area (Å²) in [6, 6.07) is 13.5. The molecule has 3 rings (SSSR count). The van der Waals surface area contributed by atoms with E-state index in [9.17, 15) is 14.7 Å². The molecule has 0 bridgehead atoms. The van der Waals surface area contributed by atoms with Crippen molar-refractivity contribution in [3.8, 4) is 5.75 Å². The van der Waals surface area contributed by atoms with Crippen molar-refractivity contribution in [2.24, 2.45) is 0 Å². The van der Waals surface area contributed by atoms with E-state index in [2.05, 4.69) is 5.32 Å². The molecule has 1 amide bonds. The van der Waals surface area contributed by atoms with E-state index in [1.54, 1.807) is 19.1 Å². The van der Waals surface area contributed by atoms with Gasteiger partial charge in [0.15, 0.2) is 6.61 Å². The molecule has 0 saturated carbocycles. The third-order valence-corrected chi connectivity index (χ3v) is 3.77. The second-order valence-electron chi connectivity index (χ2n) is 5.60. The number of ether oxygens (including phenoxy) is 1. The number of rotatable bonds is 5. The summed E-state index contributed by atoms with van der Waals surface area (Å²) in [6.07, 6.45) is 1.51. The summed E-state index contributed by atoms with van der Waals surface area (Å²) >= 11 is 0. The summed E-state index contributed by atoms with van der Waals surface area (Å²) in [7, 11) is 0. The monoisotopic (exact) mass is 339 g/mol. The molecule has 6 nitrogen and oxygen atoms in total. The van der Waals surface area contributed by atoms with Gasteiger partial charge < -0.3 is 19.6 Å². The summed E-state index contributed by atoms with van der Waals surface area (Å²) in [5.74, 6) is -0.804. The van der Waals surface area contributed by atoms with Gasteiger partial charge in [-0.3, -0.25) is 4.79 Å². The second kappa shape index (κ2) is 7.09. The number of phenolic OH excluding ortho intramolecular Hbond substituents is 1. The number of nitrogens with one attached hydrogen (secondary N) is 1. The number of phenols is 1. The first kappa shape index (κ1) is 16.6. The highest BCUT2D eigenvalue weighted by Gasteiger charge is 2.17. The maximum Gasteiger partial charge on any atom is 0.342 e. The molecule has 0 unspecified atom stereocenters. The molecule has 0 aliphatic heterocycles. The molecule has 2 aromatic carbocycles. The van der Waals surface area contributed by atoms with E-state index in [4.69, 9.17) is 9.15 Å². The van der Waals surface area contributed by atoms with Gasteiger partial charge in [-0.1, -0.05) is 24.3 Å². The van der Waals surface area contributed by atoms with E-state index < -0.39 is 18.5 Å². The predicted octanol–water partition coefficient (Wildman–Crippen LogP) is 3.17. The first-order valence-electron chi connectivity index (χ1n) is 7.76. The Kier molecular flexibility index (Phi) is 4.70. The molecule has 1 heterocycles. The van der Waals surface area contributed by atoms with Gasteiger partial charge in [0.25, 0.3) is 5.91 Å². The normalized spacial score (nSPS) is 11.9. The molecule has 25 heavy (non-hydrogen) atoms. The Morgan fingerprint density at radius 1 is 1.16 bits per heavy atom. The largest absolute Gasteiger partial charge is 0.507 e. The zero-order valence-electron chi connectivity index (χ0n) is 13.6. The number of carbonyl (C=O) groups excluding carboxylic acids is 2. The average molecular weight is 339 g/mol. The number of esters is 1. The van der Waals surface area contributed by atoms with Crippen LogP contribution in [0.3, 0.4) is 0 Å². The van der Waals surface area contributed by atoms with Gasteiger partial charge in [0.2, 0.25) is 0 Å². The summed E-state index contributed by atoms with van der Waals surface area (Å²) in [4.78, 5) is 24.0. The SMILES string of the molecule is C[C@@H](NC(=O)COC(=O)c1cc2ccccc2cc1O)c1ccco1. The van der Waals surface area contributed by atoms with Gasteiger partial charge >= 0.3 is 5.97 Å². The van der Waals surface area contributed by atoms with Gasteiger partial charge in [-0.15, -0.1) is 0 Å². The molecule has 0 fully saturated rings. The van der Waals surface area contributed by atoms with E-state index >= 15 is 0 Å². The number of fused-ring (bicyclic) bond motifs is 1. The Labute approximate surface area is 144 Å². The maximum absolute atomic E-state index is 12.1. The number of benzene rings is 2. The first-order chi connectivity index (χ1) is 12.0. The smallest absolute Gasteiger partial charge is 0.342 e. The van der Waals surface area contributed by atoms with Crippen molar-refractivity contribution in [2.45, 2.75) is 13.0 Å². The van der Waals surface area contributed by atoms with Crippen LogP contribution in [0.4, 0.5) is 0 Å². The summed E-state index contributed by atoms with van der Waals surface area (Å²) in [5.41, 5.74) is 0.0191. The molecule has 0 aliphatic carbocycles. The molecule has 1 atom stereocenters. The molecular formula is C19H17NO5. The standard InChI is InChI=1S/C19H17NO5/c1-12(17-7-4-8-24-17)20-18(22)11-25-19(23)15-9-13-5-2-3-6-14(13)10-16(15)21/h2-10,12,21H,11H2,1H3,(H,20,22)/t12-/m1/s1. The van der Waals surface area contributed by atoms with Gasteiger partial charge in [0, 0.05) is 0 Å². The van der Waals surface area contributed by atoms with Crippen LogP contribution in [0.15, 0.2) is 59.2 Å². The van der Waals surface area contributed by atoms with E-state index in [-0.39, 0.29) is 17.4 Å². The molecule has 0 saturated heterocycles. The van der Waals surface area contributed by atoms with Crippen molar-refractivity contribution < 1.29 is 23.8 Å². The van der Waals surface area contributed by atoms with Crippen molar-refractivity contribution >= 4 is 22.6 Å². The lowest BCUT2D eigenvalue weighted by Gasteiger charge is -2.12. The number of carbonyl (C=O) groups is 2. The van der Waals surface area contributed by atoms with Crippen LogP contribution >= 0.6 is 0 Å². The summed E-state index contributed by atoms with van der Waals surface area (Å²) in [6.45, 7) is 1.31. The minimum absolute atomic E-state index is 0.0191. The van der Waals surface area contributed by atoms with Crippen molar-refractivity contribution in [2.75, 3.05) is 6.61 Å². The van der Waals surface area contributed by atoms with Crippen LogP contribution in [-0.4, -0.2) is 23.6 Å². The fourth-order valence-electron chi connectivity index (χ4n) is 2.49. The fraction of sp³-hybridized carbons (Fsp3) is 0.158. The molecule has 0 radical (unpaired) electrons. The summed E-state index contributed by atoms with van der Waals surface area (Å²) < 4.78 is 10.2. The highest BCUT2D eigenvalue weighted by atomic mass is 16.5. The highest BCUT2D eigenvalue weighted by Crippen LogP contribution is 2.25. The van der Waals surface area contributed by atoms with Crippen LogP contribution in [0, 0.1) is 0 Å². The minimum atomic E-state index is -0.760. The lowest BCUT2D eigenvalue weighted by atomic mass is 10.1. The zero-order chi connectivity index (χ0) is 17.8. The Morgan fingerprint density at radius 2 is 1.88 bits per heavy atom. The molecule has 0 aliphatic rings. The molecule has 6 heteroatoms. The number of hydrogen-bond acceptors (Lipinski definition) is 5. The number of amides is 1. The highest BCUT2D eigenvalue weighted by molar-refractivity contribution is 5.99. The lowest BCUT2D eigenvalue weighted by Crippen LogP contribution is -2.31. The molecule has 0 spiro atoms. The third-order valence-electron chi connectivity index (χ3n) is 3.77. The van der Waals surface area contributed by atoms with Gasteiger partial charge in [-0.25, -0.2) is 4.79 Å². The fourth-order valence-corrected chi connectivity index (χ4v) is 2.49. The lowest BCUT2D eigenvalue weighted by molar-refractivity contribution is -0.125. The van der Waals surface area contributed by atoms with Crippen LogP contribution in [0.2, 0.25) is 0 Å². The average Bonchev–Trinajstić information content (AvgIpc) is 3.14. The summed E-state index contributed by atoms with van der Waals surface area (Å²) in [5, 5.41) is 14.3. The van der Waals surface area contributed by atoms with Crippen LogP contribution in [-0.2, 0) is 9.53 Å². The number of hydrogen-bond donors (Lipinski definition) is 2. The Morgan fingerprint density at radius 3 is 2.56 bits per heavy atom. The Balaban J connectivity index is 1.62. The van der Waals surface area contributed by atoms with Crippen LogP contribution < -0.4 is 5.32 Å². The topological polar surface area (TPSA) is 88.8 Å². The van der Waals surface area contributed by atoms with Crippen LogP contribution in [0.5, 0.6) is 5.75 Å². The van der Waals surface area contributed by atoms with Gasteiger partial charge in [0.1, 0.15) is 17.1 Å². The van der Waals surface area contributed by atoms with Crippen molar-refractivity contribution in [1.82, 2.24) is 5.32 Å². The van der Waals surface area contributed by atoms with E-state index in [1.807, 2.05) is 24.3 Å². The number of aromatic hydroxyl groups is 1. The first-order valence-corrected chi connectivity index (χ1v) is 7.76. The molecule has 128 valence electrons. The van der Waals surface area contributed by atoms with Crippen molar-refractivity contribution in [3.05, 3.63) is 66.1 Å². The number of furan rings is 1. The van der Waals surface area contributed by atoms with Crippen LogP contribution in [0.25, 0.3) is 10.8 Å². The van der Waals surface area contributed by atoms with Crippen molar-refractivity contribution in [1.29, 1.82) is 0 Å². The van der Waals surface area contributed by atoms with Gasteiger partial charge in [-0.05, 0) is 42.0 Å². The second-order valence-corrected chi connectivity index (χ2v) is 5.60. The molecule has 3 aromatic rings. The van der Waals surface area contributed by atoms with Crippen LogP contribution in [0.1, 0.15) is 29.1 Å². The van der Waals surface area contributed by atoms with Gasteiger partial charge in [0.05, 0.1) is 12.3 Å². The Bertz CT molecular complexity index is 901. The molecule has 2 N–H and O–H groups in total. The predicted molar refractivity (Wildman–Crippen MR) is 91.2 cm³/mol. The quantitative estimate of drug-likeness (QED) is 0.697. The minimum Gasteiger partial charge on any atom is -0.507 e.